The van der Waals surface area contributed by atoms with Crippen LogP contribution >= 0.6 is 45.2 Å². The largest absolute Gasteiger partial charge is 0.416 e. The number of hydrogen-bond donors (Lipinski definition) is 0. The molecule has 0 N–H and O–H groups in total. The number of benzene rings is 2. The van der Waals surface area contributed by atoms with Crippen LogP contribution in [0.1, 0.15) is 48.5 Å². The summed E-state index contributed by atoms with van der Waals surface area (Å²) in [6, 6.07) is 11.7. The molecule has 2 aromatic carbocycles. The van der Waals surface area contributed by atoms with Crippen molar-refractivity contribution in [2.24, 2.45) is 5.92 Å². The van der Waals surface area contributed by atoms with Gasteiger partial charge >= 0.3 is 6.18 Å². The SMILES string of the molecule is C[C@@H](O[C@H]1CN2C(=O)CC(C(=O)N3CCOCC3)C[C@H]2C1c1ccc(I)cc1)c1cc(I)cc(C(F)(F)F)c1. The Bertz CT molecular complexity index is 1220. The van der Waals surface area contributed by atoms with E-state index in [1.807, 2.05) is 51.8 Å². The molecular weight excluding hydrogens is 739 g/mol. The number of alkyl halides is 3. The molecule has 2 unspecified atom stereocenters. The van der Waals surface area contributed by atoms with Crippen molar-refractivity contribution in [2.45, 2.75) is 50.1 Å². The van der Waals surface area contributed by atoms with Crippen LogP contribution in [0.3, 0.4) is 0 Å². The standard InChI is InChI=1S/C28H29F3I2N2O4/c1-16(18-10-20(28(29,30)31)14-22(33)11-18)39-24-15-35-23(26(24)17-2-4-21(32)5-3-17)12-19(13-25(35)36)27(37)34-6-8-38-9-7-34/h2-5,10-11,14,16,19,23-24,26H,6-9,12-13,15H2,1H3/t16-,19?,23+,24+,26?/m1/s1. The Kier molecular flexibility index (Phi) is 8.80. The molecule has 6 nitrogen and oxygen atoms in total. The summed E-state index contributed by atoms with van der Waals surface area (Å²) in [5, 5.41) is 0. The van der Waals surface area contributed by atoms with Gasteiger partial charge < -0.3 is 19.3 Å². The third-order valence-electron chi connectivity index (χ3n) is 7.88. The number of carbonyl (C=O) groups is 2. The highest BCUT2D eigenvalue weighted by atomic mass is 127. The zero-order valence-corrected chi connectivity index (χ0v) is 25.6. The molecule has 0 saturated carbocycles. The molecule has 0 aliphatic carbocycles. The number of morpholine rings is 1. The van der Waals surface area contributed by atoms with Gasteiger partial charge in [-0.25, -0.2) is 0 Å². The predicted molar refractivity (Wildman–Crippen MR) is 155 cm³/mol. The van der Waals surface area contributed by atoms with Gasteiger partial charge in [-0.05, 0) is 100.0 Å². The molecule has 5 rings (SSSR count). The molecule has 0 aromatic heterocycles. The first kappa shape index (κ1) is 29.1. The van der Waals surface area contributed by atoms with Crippen LogP contribution in [0.2, 0.25) is 0 Å². The highest BCUT2D eigenvalue weighted by Gasteiger charge is 2.51. The number of carbonyl (C=O) groups excluding carboxylic acids is 2. The molecule has 3 fully saturated rings. The molecule has 39 heavy (non-hydrogen) atoms. The average molecular weight is 768 g/mol. The fourth-order valence-corrected chi connectivity index (χ4v) is 7.03. The van der Waals surface area contributed by atoms with Crippen molar-refractivity contribution in [3.63, 3.8) is 0 Å². The van der Waals surface area contributed by atoms with E-state index in [2.05, 4.69) is 22.6 Å². The molecule has 3 aliphatic rings. The van der Waals surface area contributed by atoms with E-state index in [0.717, 1.165) is 21.3 Å². The third-order valence-corrected chi connectivity index (χ3v) is 9.22. The Morgan fingerprint density at radius 3 is 2.44 bits per heavy atom. The van der Waals surface area contributed by atoms with Crippen molar-refractivity contribution in [3.8, 4) is 0 Å². The Balaban J connectivity index is 1.42. The highest BCUT2D eigenvalue weighted by molar-refractivity contribution is 14.1. The number of halogens is 5. The first-order chi connectivity index (χ1) is 18.5. The number of amides is 2. The summed E-state index contributed by atoms with van der Waals surface area (Å²) in [6.45, 7) is 4.12. The van der Waals surface area contributed by atoms with Crippen molar-refractivity contribution in [1.29, 1.82) is 0 Å². The van der Waals surface area contributed by atoms with Crippen LogP contribution in [-0.4, -0.2) is 66.6 Å². The average Bonchev–Trinajstić information content (AvgIpc) is 3.26. The molecule has 3 aliphatic heterocycles. The van der Waals surface area contributed by atoms with E-state index >= 15 is 0 Å². The lowest BCUT2D eigenvalue weighted by molar-refractivity contribution is -0.149. The number of ether oxygens (including phenoxy) is 2. The second kappa shape index (κ2) is 11.8. The third kappa shape index (κ3) is 6.40. The lowest BCUT2D eigenvalue weighted by Gasteiger charge is -2.38. The van der Waals surface area contributed by atoms with Gasteiger partial charge in [0.15, 0.2) is 0 Å². The van der Waals surface area contributed by atoms with Gasteiger partial charge in [0.05, 0.1) is 31.0 Å². The van der Waals surface area contributed by atoms with E-state index in [4.69, 9.17) is 9.47 Å². The second-order valence-corrected chi connectivity index (χ2v) is 12.8. The van der Waals surface area contributed by atoms with Gasteiger partial charge in [-0.3, -0.25) is 9.59 Å². The van der Waals surface area contributed by atoms with Gasteiger partial charge in [-0.15, -0.1) is 0 Å². The minimum absolute atomic E-state index is 0.0102. The summed E-state index contributed by atoms with van der Waals surface area (Å²) in [7, 11) is 0. The fourth-order valence-electron chi connectivity index (χ4n) is 5.98. The predicted octanol–water partition coefficient (Wildman–Crippen LogP) is 5.62. The van der Waals surface area contributed by atoms with Gasteiger partial charge in [-0.2, -0.15) is 13.2 Å². The number of hydrogen-bond acceptors (Lipinski definition) is 4. The molecule has 3 heterocycles. The molecular formula is C28H29F3I2N2O4. The maximum atomic E-state index is 13.5. The molecule has 0 radical (unpaired) electrons. The first-order valence-corrected chi connectivity index (χ1v) is 15.1. The summed E-state index contributed by atoms with van der Waals surface area (Å²) in [4.78, 5) is 30.3. The molecule has 0 spiro atoms. The van der Waals surface area contributed by atoms with E-state index in [9.17, 15) is 22.8 Å². The Morgan fingerprint density at radius 1 is 1.08 bits per heavy atom. The van der Waals surface area contributed by atoms with E-state index in [-0.39, 0.29) is 30.2 Å². The summed E-state index contributed by atoms with van der Waals surface area (Å²) in [5.74, 6) is -0.715. The molecule has 210 valence electrons. The van der Waals surface area contributed by atoms with E-state index in [0.29, 0.717) is 48.4 Å². The zero-order chi connectivity index (χ0) is 27.9. The van der Waals surface area contributed by atoms with Crippen LogP contribution in [0, 0.1) is 13.1 Å². The monoisotopic (exact) mass is 768 g/mol. The second-order valence-electron chi connectivity index (χ2n) is 10.4. The van der Waals surface area contributed by atoms with Crippen LogP contribution in [0.25, 0.3) is 0 Å². The van der Waals surface area contributed by atoms with Crippen molar-refractivity contribution in [2.75, 3.05) is 32.8 Å². The normalized spacial score (nSPS) is 26.5. The molecule has 2 aromatic rings. The summed E-state index contributed by atoms with van der Waals surface area (Å²) in [5.41, 5.74) is 0.718. The maximum Gasteiger partial charge on any atom is 0.416 e. The summed E-state index contributed by atoms with van der Waals surface area (Å²) >= 11 is 4.12. The maximum absolute atomic E-state index is 13.5. The molecule has 3 saturated heterocycles. The molecule has 2 amide bonds. The van der Waals surface area contributed by atoms with Crippen molar-refractivity contribution in [1.82, 2.24) is 9.80 Å². The number of piperidine rings is 1. The first-order valence-electron chi connectivity index (χ1n) is 13.0. The summed E-state index contributed by atoms with van der Waals surface area (Å²) in [6.07, 6.45) is -4.84. The minimum atomic E-state index is -4.46. The summed E-state index contributed by atoms with van der Waals surface area (Å²) < 4.78 is 53.9. The molecule has 0 bridgehead atoms. The Hall–Kier alpha value is -1.45. The highest BCUT2D eigenvalue weighted by Crippen LogP contribution is 2.44. The zero-order valence-electron chi connectivity index (χ0n) is 21.3. The quantitative estimate of drug-likeness (QED) is 0.371. The van der Waals surface area contributed by atoms with E-state index < -0.39 is 29.9 Å². The van der Waals surface area contributed by atoms with E-state index in [1.165, 1.54) is 0 Å². The van der Waals surface area contributed by atoms with Gasteiger partial charge in [0.2, 0.25) is 11.8 Å². The molecule has 11 heteroatoms. The smallest absolute Gasteiger partial charge is 0.378 e. The van der Waals surface area contributed by atoms with Gasteiger partial charge in [0.25, 0.3) is 0 Å². The van der Waals surface area contributed by atoms with Crippen molar-refractivity contribution in [3.05, 3.63) is 66.3 Å². The van der Waals surface area contributed by atoms with Gasteiger partial charge in [0, 0.05) is 51.1 Å². The number of fused-ring (bicyclic) bond motifs is 1. The van der Waals surface area contributed by atoms with E-state index in [1.54, 1.807) is 17.9 Å². The number of nitrogens with zero attached hydrogens (tertiary/aromatic N) is 2. The lowest BCUT2D eigenvalue weighted by atomic mass is 9.81. The Labute approximate surface area is 252 Å². The van der Waals surface area contributed by atoms with Crippen LogP contribution < -0.4 is 0 Å². The molecule has 5 atom stereocenters. The van der Waals surface area contributed by atoms with Crippen LogP contribution in [0.5, 0.6) is 0 Å². The fraction of sp³-hybridized carbons (Fsp3) is 0.500. The van der Waals surface area contributed by atoms with Crippen molar-refractivity contribution >= 4 is 57.0 Å². The number of rotatable bonds is 5. The van der Waals surface area contributed by atoms with Crippen molar-refractivity contribution < 1.29 is 32.2 Å². The van der Waals surface area contributed by atoms with Gasteiger partial charge in [-0.1, -0.05) is 12.1 Å². The van der Waals surface area contributed by atoms with Gasteiger partial charge in [0.1, 0.15) is 0 Å². The van der Waals surface area contributed by atoms with Crippen LogP contribution in [-0.2, 0) is 25.2 Å². The van der Waals surface area contributed by atoms with Crippen LogP contribution in [0.4, 0.5) is 13.2 Å². The van der Waals surface area contributed by atoms with Crippen LogP contribution in [0.15, 0.2) is 42.5 Å². The topological polar surface area (TPSA) is 59.1 Å². The minimum Gasteiger partial charge on any atom is -0.378 e. The lowest BCUT2D eigenvalue weighted by Crippen LogP contribution is -2.50. The Morgan fingerprint density at radius 2 is 1.77 bits per heavy atom.